The lowest BCUT2D eigenvalue weighted by Crippen LogP contribution is -2.09. The maximum absolute atomic E-state index is 6.08. The van der Waals surface area contributed by atoms with Crippen molar-refractivity contribution in [3.05, 3.63) is 95.6 Å². The van der Waals surface area contributed by atoms with Gasteiger partial charge in [-0.05, 0) is 60.7 Å². The molecule has 0 aliphatic carbocycles. The summed E-state index contributed by atoms with van der Waals surface area (Å²) in [5.41, 5.74) is 4.49. The SMILES string of the molecule is COc1ccc(Nc2nc(NCc3ccco3)nc(N/N=C/c3ccc(-c4cccc(Cl)c4)o3)n2)cc1. The molecule has 0 unspecified atom stereocenters. The van der Waals surface area contributed by atoms with E-state index in [1.165, 1.54) is 6.21 Å². The van der Waals surface area contributed by atoms with Crippen LogP contribution in [0.3, 0.4) is 0 Å². The zero-order valence-corrected chi connectivity index (χ0v) is 20.4. The summed E-state index contributed by atoms with van der Waals surface area (Å²) in [6, 6.07) is 22.2. The van der Waals surface area contributed by atoms with Gasteiger partial charge in [-0.1, -0.05) is 23.7 Å². The number of benzene rings is 2. The quantitative estimate of drug-likeness (QED) is 0.147. The minimum Gasteiger partial charge on any atom is -0.497 e. The number of halogens is 1. The van der Waals surface area contributed by atoms with Gasteiger partial charge in [-0.25, -0.2) is 5.43 Å². The Labute approximate surface area is 217 Å². The second-order valence-electron chi connectivity index (χ2n) is 7.68. The number of ether oxygens (including phenoxy) is 1. The van der Waals surface area contributed by atoms with Crippen molar-refractivity contribution in [3.8, 4) is 17.1 Å². The van der Waals surface area contributed by atoms with E-state index in [2.05, 4.69) is 36.1 Å². The fraction of sp³-hybridized carbons (Fsp3) is 0.0769. The van der Waals surface area contributed by atoms with Crippen LogP contribution < -0.4 is 20.8 Å². The first kappa shape index (κ1) is 23.9. The molecular formula is C26H22ClN7O3. The lowest BCUT2D eigenvalue weighted by Gasteiger charge is -2.10. The standard InChI is InChI=1S/C26H22ClN7O3/c1-35-20-9-7-19(8-10-20)30-25-31-24(28-15-21-6-3-13-36-21)32-26(33-25)34-29-16-22-11-12-23(37-22)17-4-2-5-18(27)14-17/h2-14,16H,15H2,1H3,(H3,28,30,31,32,33,34)/b29-16+. The van der Waals surface area contributed by atoms with Crippen molar-refractivity contribution in [2.75, 3.05) is 23.2 Å². The zero-order chi connectivity index (χ0) is 25.5. The van der Waals surface area contributed by atoms with Crippen LogP contribution >= 0.6 is 11.6 Å². The summed E-state index contributed by atoms with van der Waals surface area (Å²) in [4.78, 5) is 13.2. The summed E-state index contributed by atoms with van der Waals surface area (Å²) in [7, 11) is 1.62. The lowest BCUT2D eigenvalue weighted by molar-refractivity contribution is 0.415. The Morgan fingerprint density at radius 3 is 2.57 bits per heavy atom. The monoisotopic (exact) mass is 515 g/mol. The number of anilines is 4. The molecule has 0 atom stereocenters. The van der Waals surface area contributed by atoms with E-state index in [0.717, 1.165) is 22.8 Å². The summed E-state index contributed by atoms with van der Waals surface area (Å²) >= 11 is 6.08. The molecule has 3 N–H and O–H groups in total. The van der Waals surface area contributed by atoms with Crippen molar-refractivity contribution in [2.24, 2.45) is 5.10 Å². The lowest BCUT2D eigenvalue weighted by atomic mass is 10.2. The molecule has 5 rings (SSSR count). The molecule has 186 valence electrons. The van der Waals surface area contributed by atoms with Gasteiger partial charge in [0.05, 0.1) is 26.1 Å². The van der Waals surface area contributed by atoms with Crippen molar-refractivity contribution in [1.29, 1.82) is 0 Å². The maximum atomic E-state index is 6.08. The number of hydrazone groups is 1. The molecule has 0 saturated carbocycles. The van der Waals surface area contributed by atoms with Crippen molar-refractivity contribution >= 4 is 41.3 Å². The van der Waals surface area contributed by atoms with E-state index in [1.807, 2.05) is 72.8 Å². The molecule has 0 fully saturated rings. The largest absolute Gasteiger partial charge is 0.497 e. The second kappa shape index (κ2) is 11.3. The Morgan fingerprint density at radius 2 is 1.78 bits per heavy atom. The van der Waals surface area contributed by atoms with Gasteiger partial charge in [-0.3, -0.25) is 0 Å². The smallest absolute Gasteiger partial charge is 0.250 e. The topological polar surface area (TPSA) is 123 Å². The molecule has 2 aromatic carbocycles. The average molecular weight is 516 g/mol. The molecule has 11 heteroatoms. The third kappa shape index (κ3) is 6.44. The van der Waals surface area contributed by atoms with E-state index in [1.54, 1.807) is 13.4 Å². The molecule has 0 bridgehead atoms. The second-order valence-corrected chi connectivity index (χ2v) is 8.11. The minimum atomic E-state index is 0.228. The molecule has 10 nitrogen and oxygen atoms in total. The van der Waals surface area contributed by atoms with Crippen molar-refractivity contribution < 1.29 is 13.6 Å². The number of hydrogen-bond acceptors (Lipinski definition) is 10. The van der Waals surface area contributed by atoms with Crippen LogP contribution in [0.2, 0.25) is 5.02 Å². The number of furan rings is 2. The zero-order valence-electron chi connectivity index (χ0n) is 19.7. The molecule has 5 aromatic rings. The first-order chi connectivity index (χ1) is 18.1. The molecule has 37 heavy (non-hydrogen) atoms. The van der Waals surface area contributed by atoms with Gasteiger partial charge in [0, 0.05) is 16.3 Å². The Balaban J connectivity index is 1.31. The van der Waals surface area contributed by atoms with E-state index in [4.69, 9.17) is 25.2 Å². The van der Waals surface area contributed by atoms with Crippen molar-refractivity contribution in [1.82, 2.24) is 15.0 Å². The maximum Gasteiger partial charge on any atom is 0.250 e. The van der Waals surface area contributed by atoms with Crippen LogP contribution in [0.5, 0.6) is 5.75 Å². The van der Waals surface area contributed by atoms with Crippen LogP contribution in [0.15, 0.2) is 93.0 Å². The van der Waals surface area contributed by atoms with E-state index in [9.17, 15) is 0 Å². The first-order valence-corrected chi connectivity index (χ1v) is 11.6. The van der Waals surface area contributed by atoms with Crippen molar-refractivity contribution in [2.45, 2.75) is 6.54 Å². The van der Waals surface area contributed by atoms with Gasteiger partial charge in [0.1, 0.15) is 23.0 Å². The Bertz CT molecular complexity index is 1480. The first-order valence-electron chi connectivity index (χ1n) is 11.2. The van der Waals surface area contributed by atoms with Crippen LogP contribution in [0.1, 0.15) is 11.5 Å². The summed E-state index contributed by atoms with van der Waals surface area (Å²) in [5.74, 6) is 3.60. The van der Waals surface area contributed by atoms with Gasteiger partial charge in [-0.2, -0.15) is 20.1 Å². The van der Waals surface area contributed by atoms with Gasteiger partial charge in [0.15, 0.2) is 0 Å². The van der Waals surface area contributed by atoms with Crippen molar-refractivity contribution in [3.63, 3.8) is 0 Å². The van der Waals surface area contributed by atoms with Crippen LogP contribution in [-0.4, -0.2) is 28.3 Å². The average Bonchev–Trinajstić information content (AvgIpc) is 3.61. The summed E-state index contributed by atoms with van der Waals surface area (Å²) in [5, 5.41) is 11.1. The highest BCUT2D eigenvalue weighted by Crippen LogP contribution is 2.24. The fourth-order valence-electron chi connectivity index (χ4n) is 3.32. The van der Waals surface area contributed by atoms with E-state index < -0.39 is 0 Å². The van der Waals surface area contributed by atoms with E-state index >= 15 is 0 Å². The van der Waals surface area contributed by atoms with Gasteiger partial charge in [0.2, 0.25) is 17.8 Å². The van der Waals surface area contributed by atoms with Crippen LogP contribution in [-0.2, 0) is 6.54 Å². The van der Waals surface area contributed by atoms with Crippen LogP contribution in [0, 0.1) is 0 Å². The molecule has 0 radical (unpaired) electrons. The van der Waals surface area contributed by atoms with Gasteiger partial charge >= 0.3 is 0 Å². The molecule has 0 saturated heterocycles. The molecule has 3 aromatic heterocycles. The predicted octanol–water partition coefficient (Wildman–Crippen LogP) is 6.19. The Hall–Kier alpha value is -4.83. The Morgan fingerprint density at radius 1 is 0.946 bits per heavy atom. The molecular weight excluding hydrogens is 494 g/mol. The highest BCUT2D eigenvalue weighted by atomic mass is 35.5. The number of nitrogens with zero attached hydrogens (tertiary/aromatic N) is 4. The highest BCUT2D eigenvalue weighted by molar-refractivity contribution is 6.30. The van der Waals surface area contributed by atoms with Gasteiger partial charge in [0.25, 0.3) is 0 Å². The predicted molar refractivity (Wildman–Crippen MR) is 143 cm³/mol. The number of rotatable bonds is 10. The molecule has 0 spiro atoms. The molecule has 0 aliphatic rings. The van der Waals surface area contributed by atoms with Crippen LogP contribution in [0.4, 0.5) is 23.5 Å². The summed E-state index contributed by atoms with van der Waals surface area (Å²) in [6.45, 7) is 0.403. The normalized spacial score (nSPS) is 11.0. The van der Waals surface area contributed by atoms with Gasteiger partial charge in [-0.15, -0.1) is 0 Å². The van der Waals surface area contributed by atoms with Crippen LogP contribution in [0.25, 0.3) is 11.3 Å². The van der Waals surface area contributed by atoms with Gasteiger partial charge < -0.3 is 24.2 Å². The molecule has 3 heterocycles. The summed E-state index contributed by atoms with van der Waals surface area (Å²) in [6.07, 6.45) is 3.14. The minimum absolute atomic E-state index is 0.228. The molecule has 0 aliphatic heterocycles. The fourth-order valence-corrected chi connectivity index (χ4v) is 3.51. The third-order valence-electron chi connectivity index (χ3n) is 5.07. The molecule has 0 amide bonds. The van der Waals surface area contributed by atoms with E-state index in [-0.39, 0.29) is 5.95 Å². The highest BCUT2D eigenvalue weighted by Gasteiger charge is 2.09. The summed E-state index contributed by atoms with van der Waals surface area (Å²) < 4.78 is 16.4. The number of hydrogen-bond donors (Lipinski definition) is 3. The number of nitrogens with one attached hydrogen (secondary N) is 3. The third-order valence-corrected chi connectivity index (χ3v) is 5.31. The number of aromatic nitrogens is 3. The Kier molecular flexibility index (Phi) is 7.28. The number of methoxy groups -OCH3 is 1. The van der Waals surface area contributed by atoms with E-state index in [0.29, 0.717) is 35.0 Å².